The molecule has 1 rings (SSSR count). The zero-order chi connectivity index (χ0) is 15.3. The van der Waals surface area contributed by atoms with Gasteiger partial charge in [-0.15, -0.1) is 0 Å². The van der Waals surface area contributed by atoms with Gasteiger partial charge < -0.3 is 10.0 Å². The maximum Gasteiger partial charge on any atom is 0.240 e. The maximum atomic E-state index is 12.2. The summed E-state index contributed by atoms with van der Waals surface area (Å²) in [6, 6.07) is 6.39. The smallest absolute Gasteiger partial charge is 0.240 e. The van der Waals surface area contributed by atoms with Crippen LogP contribution in [0.5, 0.6) is 0 Å². The van der Waals surface area contributed by atoms with E-state index in [0.29, 0.717) is 12.1 Å². The topological polar surface area (TPSA) is 93.4 Å². The first kappa shape index (κ1) is 16.6. The van der Waals surface area contributed by atoms with Crippen molar-refractivity contribution in [3.63, 3.8) is 0 Å². The van der Waals surface area contributed by atoms with Gasteiger partial charge in [0.2, 0.25) is 10.0 Å². The Morgan fingerprint density at radius 2 is 2.10 bits per heavy atom. The molecular formula is C13H19N3O3S. The number of rotatable bonds is 6. The van der Waals surface area contributed by atoms with Crippen LogP contribution in [-0.2, 0) is 10.0 Å². The van der Waals surface area contributed by atoms with Crippen molar-refractivity contribution in [1.82, 2.24) is 9.62 Å². The Balaban J connectivity index is 2.87. The molecule has 0 aliphatic rings. The predicted molar refractivity (Wildman–Crippen MR) is 75.6 cm³/mol. The fourth-order valence-electron chi connectivity index (χ4n) is 1.73. The van der Waals surface area contributed by atoms with E-state index >= 15 is 0 Å². The molecule has 1 atom stereocenters. The summed E-state index contributed by atoms with van der Waals surface area (Å²) in [5.41, 5.74) is 0.836. The van der Waals surface area contributed by atoms with Crippen molar-refractivity contribution in [1.29, 1.82) is 5.26 Å². The predicted octanol–water partition coefficient (Wildman–Crippen LogP) is 0.0675. The minimum atomic E-state index is -3.73. The minimum Gasteiger partial charge on any atom is -0.390 e. The summed E-state index contributed by atoms with van der Waals surface area (Å²) in [7, 11) is -0.154. The summed E-state index contributed by atoms with van der Waals surface area (Å²) in [4.78, 5) is 1.83. The van der Waals surface area contributed by atoms with Gasteiger partial charge in [-0.25, -0.2) is 13.1 Å². The monoisotopic (exact) mass is 297 g/mol. The van der Waals surface area contributed by atoms with Gasteiger partial charge in [-0.3, -0.25) is 0 Å². The summed E-state index contributed by atoms with van der Waals surface area (Å²) in [5, 5.41) is 18.5. The molecule has 2 N–H and O–H groups in total. The molecule has 1 aromatic carbocycles. The number of sulfonamides is 1. The maximum absolute atomic E-state index is 12.2. The molecule has 0 heterocycles. The largest absolute Gasteiger partial charge is 0.390 e. The molecule has 0 fully saturated rings. The van der Waals surface area contributed by atoms with Gasteiger partial charge in [-0.05, 0) is 38.7 Å². The number of hydrogen-bond donors (Lipinski definition) is 2. The number of benzene rings is 1. The van der Waals surface area contributed by atoms with E-state index in [1.54, 1.807) is 38.1 Å². The first-order valence-electron chi connectivity index (χ1n) is 6.09. The van der Waals surface area contributed by atoms with E-state index in [9.17, 15) is 13.5 Å². The molecule has 0 saturated heterocycles. The molecule has 0 bridgehead atoms. The highest BCUT2D eigenvalue weighted by Crippen LogP contribution is 2.16. The van der Waals surface area contributed by atoms with E-state index in [1.807, 2.05) is 6.07 Å². The van der Waals surface area contributed by atoms with Gasteiger partial charge in [0, 0.05) is 13.1 Å². The van der Waals surface area contributed by atoms with Crippen molar-refractivity contribution in [2.75, 3.05) is 27.2 Å². The van der Waals surface area contributed by atoms with Crippen LogP contribution in [0.2, 0.25) is 0 Å². The zero-order valence-electron chi connectivity index (χ0n) is 11.8. The third-order valence-corrected chi connectivity index (χ3v) is 4.26. The molecule has 20 heavy (non-hydrogen) atoms. The van der Waals surface area contributed by atoms with Crippen LogP contribution in [0.15, 0.2) is 23.1 Å². The molecule has 110 valence electrons. The Hall–Kier alpha value is -1.46. The van der Waals surface area contributed by atoms with E-state index in [-0.39, 0.29) is 17.0 Å². The van der Waals surface area contributed by atoms with Crippen LogP contribution in [0.4, 0.5) is 0 Å². The Morgan fingerprint density at radius 1 is 1.45 bits per heavy atom. The van der Waals surface area contributed by atoms with E-state index in [2.05, 4.69) is 4.72 Å². The molecule has 0 spiro atoms. The number of aliphatic hydroxyl groups is 1. The summed E-state index contributed by atoms with van der Waals surface area (Å²) in [6.07, 6.45) is -0.792. The molecule has 0 aliphatic heterocycles. The van der Waals surface area contributed by atoms with E-state index in [4.69, 9.17) is 5.26 Å². The van der Waals surface area contributed by atoms with Crippen molar-refractivity contribution in [2.24, 2.45) is 0 Å². The lowest BCUT2D eigenvalue weighted by Gasteiger charge is -2.17. The van der Waals surface area contributed by atoms with Gasteiger partial charge in [0.15, 0.2) is 0 Å². The average Bonchev–Trinajstić information content (AvgIpc) is 2.36. The van der Waals surface area contributed by atoms with E-state index in [0.717, 1.165) is 0 Å². The first-order valence-corrected chi connectivity index (χ1v) is 7.58. The second-order valence-electron chi connectivity index (χ2n) is 4.86. The van der Waals surface area contributed by atoms with Crippen LogP contribution >= 0.6 is 0 Å². The number of aryl methyl sites for hydroxylation is 1. The van der Waals surface area contributed by atoms with E-state index in [1.165, 1.54) is 6.07 Å². The van der Waals surface area contributed by atoms with Crippen molar-refractivity contribution in [3.05, 3.63) is 29.3 Å². The van der Waals surface area contributed by atoms with E-state index < -0.39 is 16.1 Å². The Morgan fingerprint density at radius 3 is 2.65 bits per heavy atom. The number of nitrogens with zero attached hydrogens (tertiary/aromatic N) is 2. The lowest BCUT2D eigenvalue weighted by molar-refractivity contribution is 0.140. The van der Waals surface area contributed by atoms with Gasteiger partial charge >= 0.3 is 0 Å². The summed E-state index contributed by atoms with van der Waals surface area (Å²) >= 11 is 0. The Bertz CT molecular complexity index is 606. The number of nitrogens with one attached hydrogen (secondary N) is 1. The molecule has 1 aromatic rings. The molecular weight excluding hydrogens is 278 g/mol. The van der Waals surface area contributed by atoms with Gasteiger partial charge in [0.25, 0.3) is 0 Å². The first-order chi connectivity index (χ1) is 9.26. The van der Waals surface area contributed by atoms with Crippen LogP contribution in [-0.4, -0.2) is 51.7 Å². The minimum absolute atomic E-state index is 0.0635. The third-order valence-electron chi connectivity index (χ3n) is 2.69. The second-order valence-corrected chi connectivity index (χ2v) is 6.60. The summed E-state index contributed by atoms with van der Waals surface area (Å²) < 4.78 is 26.7. The summed E-state index contributed by atoms with van der Waals surface area (Å²) in [6.45, 7) is 1.95. The van der Waals surface area contributed by atoms with Crippen LogP contribution in [0.1, 0.15) is 11.1 Å². The molecule has 7 heteroatoms. The quantitative estimate of drug-likeness (QED) is 0.775. The number of nitriles is 1. The zero-order valence-corrected chi connectivity index (χ0v) is 12.6. The molecule has 6 nitrogen and oxygen atoms in total. The van der Waals surface area contributed by atoms with Crippen LogP contribution in [0, 0.1) is 18.3 Å². The lowest BCUT2D eigenvalue weighted by atomic mass is 10.2. The van der Waals surface area contributed by atoms with Crippen LogP contribution < -0.4 is 4.72 Å². The Labute approximate surface area is 119 Å². The normalized spacial score (nSPS) is 13.2. The Kier molecular flexibility index (Phi) is 5.65. The average molecular weight is 297 g/mol. The van der Waals surface area contributed by atoms with Crippen LogP contribution in [0.25, 0.3) is 0 Å². The molecule has 0 saturated carbocycles. The molecule has 0 aromatic heterocycles. The SMILES string of the molecule is Cc1ccc(C#N)cc1S(=O)(=O)NC[C@H](O)CN(C)C. The van der Waals surface area contributed by atoms with Crippen LogP contribution in [0.3, 0.4) is 0 Å². The van der Waals surface area contributed by atoms with Gasteiger partial charge in [-0.1, -0.05) is 6.07 Å². The highest BCUT2D eigenvalue weighted by molar-refractivity contribution is 7.89. The van der Waals surface area contributed by atoms with Crippen molar-refractivity contribution in [2.45, 2.75) is 17.9 Å². The van der Waals surface area contributed by atoms with Crippen molar-refractivity contribution >= 4 is 10.0 Å². The summed E-state index contributed by atoms with van der Waals surface area (Å²) in [5.74, 6) is 0. The molecule has 0 radical (unpaired) electrons. The van der Waals surface area contributed by atoms with Gasteiger partial charge in [0.05, 0.1) is 22.6 Å². The third kappa shape index (κ3) is 4.58. The number of aliphatic hydroxyl groups excluding tert-OH is 1. The van der Waals surface area contributed by atoms with Gasteiger partial charge in [-0.2, -0.15) is 5.26 Å². The standard InChI is InChI=1S/C13H19N3O3S/c1-10-4-5-11(7-14)6-13(10)20(18,19)15-8-12(17)9-16(2)3/h4-6,12,15,17H,8-9H2,1-3H3/t12-/m0/s1. The lowest BCUT2D eigenvalue weighted by Crippen LogP contribution is -2.37. The highest BCUT2D eigenvalue weighted by Gasteiger charge is 2.19. The fourth-order valence-corrected chi connectivity index (χ4v) is 3.07. The second kappa shape index (κ2) is 6.81. The van der Waals surface area contributed by atoms with Crippen molar-refractivity contribution in [3.8, 4) is 6.07 Å². The van der Waals surface area contributed by atoms with Crippen molar-refractivity contribution < 1.29 is 13.5 Å². The molecule has 0 amide bonds. The fraction of sp³-hybridized carbons (Fsp3) is 0.462. The molecule has 0 unspecified atom stereocenters. The number of likely N-dealkylation sites (N-methyl/N-ethyl adjacent to an activating group) is 1. The highest BCUT2D eigenvalue weighted by atomic mass is 32.2. The molecule has 0 aliphatic carbocycles. The van der Waals surface area contributed by atoms with Gasteiger partial charge in [0.1, 0.15) is 0 Å². The number of hydrogen-bond acceptors (Lipinski definition) is 5.